The normalized spacial score (nSPS) is 18.0. The molecule has 0 unspecified atom stereocenters. The molecule has 0 aromatic heterocycles. The topological polar surface area (TPSA) is 55.8 Å². The first-order chi connectivity index (χ1) is 17.9. The van der Waals surface area contributed by atoms with Crippen molar-refractivity contribution in [1.29, 1.82) is 0 Å². The van der Waals surface area contributed by atoms with Crippen molar-refractivity contribution in [3.63, 3.8) is 0 Å². The maximum absolute atomic E-state index is 13.5. The Kier molecular flexibility index (Phi) is 10.2. The highest BCUT2D eigenvalue weighted by atomic mass is 16.5. The predicted molar refractivity (Wildman–Crippen MR) is 156 cm³/mol. The highest BCUT2D eigenvalue weighted by molar-refractivity contribution is 5.94. The summed E-state index contributed by atoms with van der Waals surface area (Å²) in [6.07, 6.45) is 7.95. The van der Waals surface area contributed by atoms with E-state index in [1.54, 1.807) is 13.2 Å². The summed E-state index contributed by atoms with van der Waals surface area (Å²) in [4.78, 5) is 27.5. The Morgan fingerprint density at radius 2 is 1.76 bits per heavy atom. The molecule has 1 saturated carbocycles. The highest BCUT2D eigenvalue weighted by Crippen LogP contribution is 2.38. The lowest BCUT2D eigenvalue weighted by molar-refractivity contribution is -0.141. The van der Waals surface area contributed by atoms with E-state index < -0.39 is 0 Å². The van der Waals surface area contributed by atoms with Crippen LogP contribution in [0, 0.1) is 18.3 Å². The smallest absolute Gasteiger partial charge is 0.331 e. The van der Waals surface area contributed by atoms with Crippen LogP contribution in [0.2, 0.25) is 0 Å². The zero-order valence-electron chi connectivity index (χ0n) is 24.3. The van der Waals surface area contributed by atoms with Gasteiger partial charge in [0.15, 0.2) is 0 Å². The first-order valence-electron chi connectivity index (χ1n) is 13.9. The van der Waals surface area contributed by atoms with Crippen molar-refractivity contribution in [2.24, 2.45) is 11.3 Å². The van der Waals surface area contributed by atoms with Crippen LogP contribution in [0.1, 0.15) is 89.3 Å². The van der Waals surface area contributed by atoms with Crippen molar-refractivity contribution in [1.82, 2.24) is 0 Å². The van der Waals surface area contributed by atoms with E-state index in [1.807, 2.05) is 43.0 Å². The average Bonchev–Trinajstić information content (AvgIpc) is 2.85. The van der Waals surface area contributed by atoms with Crippen molar-refractivity contribution < 1.29 is 19.1 Å². The Balaban J connectivity index is 1.73. The molecule has 206 valence electrons. The summed E-state index contributed by atoms with van der Waals surface area (Å²) >= 11 is 0. The SMILES string of the molecule is COc1ccc([C@H]2CC[C@H](CN(C(=O)CC(C)(C)C)c3cccc(/C=C/C(=O)OC(C)C)c3)CC2)cc1C. The van der Waals surface area contributed by atoms with Crippen LogP contribution < -0.4 is 9.64 Å². The largest absolute Gasteiger partial charge is 0.496 e. The molecule has 0 radical (unpaired) electrons. The number of aryl methyl sites for hydroxylation is 1. The number of carbonyl (C=O) groups excluding carboxylic acids is 2. The molecule has 2 aromatic rings. The Labute approximate surface area is 229 Å². The number of hydrogen-bond donors (Lipinski definition) is 0. The van der Waals surface area contributed by atoms with Gasteiger partial charge < -0.3 is 14.4 Å². The fourth-order valence-corrected chi connectivity index (χ4v) is 5.22. The quantitative estimate of drug-likeness (QED) is 0.251. The Bertz CT molecular complexity index is 1120. The number of anilines is 1. The second-order valence-corrected chi connectivity index (χ2v) is 12.1. The molecular formula is C33H45NO4. The maximum atomic E-state index is 13.5. The molecule has 3 rings (SSSR count). The third-order valence-electron chi connectivity index (χ3n) is 7.11. The molecule has 0 spiro atoms. The number of hydrogen-bond acceptors (Lipinski definition) is 4. The Morgan fingerprint density at radius 1 is 1.05 bits per heavy atom. The van der Waals surface area contributed by atoms with E-state index in [-0.39, 0.29) is 23.4 Å². The van der Waals surface area contributed by atoms with Crippen molar-refractivity contribution in [3.8, 4) is 5.75 Å². The van der Waals surface area contributed by atoms with Crippen LogP contribution in [0.4, 0.5) is 5.69 Å². The molecule has 1 fully saturated rings. The lowest BCUT2D eigenvalue weighted by Crippen LogP contribution is -2.38. The molecule has 0 N–H and O–H groups in total. The zero-order valence-corrected chi connectivity index (χ0v) is 24.3. The van der Waals surface area contributed by atoms with Gasteiger partial charge in [0.2, 0.25) is 5.91 Å². The van der Waals surface area contributed by atoms with Crippen molar-refractivity contribution in [2.45, 2.75) is 85.7 Å². The third-order valence-corrected chi connectivity index (χ3v) is 7.11. The van der Waals surface area contributed by atoms with Crippen LogP contribution in [0.3, 0.4) is 0 Å². The van der Waals surface area contributed by atoms with Gasteiger partial charge in [-0.25, -0.2) is 4.79 Å². The summed E-state index contributed by atoms with van der Waals surface area (Å²) < 4.78 is 10.6. The van der Waals surface area contributed by atoms with Crippen molar-refractivity contribution >= 4 is 23.6 Å². The number of ether oxygens (including phenoxy) is 2. The number of methoxy groups -OCH3 is 1. The molecule has 2 aromatic carbocycles. The number of nitrogens with zero attached hydrogens (tertiary/aromatic N) is 1. The molecular weight excluding hydrogens is 474 g/mol. The van der Waals surface area contributed by atoms with Gasteiger partial charge >= 0.3 is 5.97 Å². The van der Waals surface area contributed by atoms with Crippen LogP contribution in [0.15, 0.2) is 48.5 Å². The van der Waals surface area contributed by atoms with Gasteiger partial charge in [0, 0.05) is 24.7 Å². The summed E-state index contributed by atoms with van der Waals surface area (Å²) in [5.74, 6) is 1.72. The molecule has 0 bridgehead atoms. The molecule has 0 heterocycles. The Hall–Kier alpha value is -3.08. The molecule has 1 aliphatic carbocycles. The van der Waals surface area contributed by atoms with Crippen molar-refractivity contribution in [2.75, 3.05) is 18.6 Å². The van der Waals surface area contributed by atoms with Gasteiger partial charge in [-0.3, -0.25) is 4.79 Å². The van der Waals surface area contributed by atoms with Crippen LogP contribution in [-0.2, 0) is 14.3 Å². The van der Waals surface area contributed by atoms with Crippen LogP contribution in [0.25, 0.3) is 6.08 Å². The van der Waals surface area contributed by atoms with E-state index in [0.717, 1.165) is 42.7 Å². The van der Waals surface area contributed by atoms with E-state index in [9.17, 15) is 9.59 Å². The minimum atomic E-state index is -0.366. The molecule has 1 aliphatic rings. The molecule has 5 nitrogen and oxygen atoms in total. The third kappa shape index (κ3) is 8.75. The monoisotopic (exact) mass is 519 g/mol. The molecule has 5 heteroatoms. The number of carbonyl (C=O) groups is 2. The second-order valence-electron chi connectivity index (χ2n) is 12.1. The summed E-state index contributed by atoms with van der Waals surface area (Å²) in [6.45, 7) is 12.8. The van der Waals surface area contributed by atoms with Crippen LogP contribution in [-0.4, -0.2) is 31.6 Å². The average molecular weight is 520 g/mol. The van der Waals surface area contributed by atoms with E-state index in [4.69, 9.17) is 9.47 Å². The first kappa shape index (κ1) is 29.5. The van der Waals surface area contributed by atoms with E-state index in [1.165, 1.54) is 17.2 Å². The van der Waals surface area contributed by atoms with E-state index in [0.29, 0.717) is 24.8 Å². The molecule has 1 amide bonds. The number of benzene rings is 2. The zero-order chi connectivity index (χ0) is 27.9. The lowest BCUT2D eigenvalue weighted by atomic mass is 9.78. The summed E-state index contributed by atoms with van der Waals surface area (Å²) in [5, 5.41) is 0. The number of rotatable bonds is 9. The summed E-state index contributed by atoms with van der Waals surface area (Å²) in [6, 6.07) is 14.4. The fourth-order valence-electron chi connectivity index (χ4n) is 5.22. The minimum absolute atomic E-state index is 0.0999. The van der Waals surface area contributed by atoms with Crippen LogP contribution in [0.5, 0.6) is 5.75 Å². The summed E-state index contributed by atoms with van der Waals surface area (Å²) in [5.41, 5.74) is 4.22. The summed E-state index contributed by atoms with van der Waals surface area (Å²) in [7, 11) is 1.71. The van der Waals surface area contributed by atoms with Gasteiger partial charge in [-0.05, 0) is 105 Å². The molecule has 0 atom stereocenters. The second kappa shape index (κ2) is 13.1. The van der Waals surface area contributed by atoms with Crippen LogP contribution >= 0.6 is 0 Å². The van der Waals surface area contributed by atoms with E-state index in [2.05, 4.69) is 45.9 Å². The minimum Gasteiger partial charge on any atom is -0.496 e. The van der Waals surface area contributed by atoms with Gasteiger partial charge in [0.05, 0.1) is 13.2 Å². The predicted octanol–water partition coefficient (Wildman–Crippen LogP) is 7.71. The van der Waals surface area contributed by atoms with Crippen molar-refractivity contribution in [3.05, 3.63) is 65.2 Å². The molecule has 0 saturated heterocycles. The van der Waals surface area contributed by atoms with Gasteiger partial charge in [-0.1, -0.05) is 45.0 Å². The van der Waals surface area contributed by atoms with Gasteiger partial charge in [0.25, 0.3) is 0 Å². The number of esters is 1. The maximum Gasteiger partial charge on any atom is 0.331 e. The van der Waals surface area contributed by atoms with Gasteiger partial charge in [-0.15, -0.1) is 0 Å². The first-order valence-corrected chi connectivity index (χ1v) is 13.9. The fraction of sp³-hybridized carbons (Fsp3) is 0.515. The number of amides is 1. The standard InChI is InChI=1S/C33H45NO4/c1-23(2)38-32(36)18-13-25-9-8-10-29(20-25)34(31(35)21-33(4,5)6)22-26-11-14-27(15-12-26)28-16-17-30(37-7)24(3)19-28/h8-10,13,16-20,23,26-27H,11-12,14-15,21-22H2,1-7H3/b18-13+/t26-,27-. The Morgan fingerprint density at radius 3 is 2.37 bits per heavy atom. The highest BCUT2D eigenvalue weighted by Gasteiger charge is 2.28. The lowest BCUT2D eigenvalue weighted by Gasteiger charge is -2.34. The van der Waals surface area contributed by atoms with Gasteiger partial charge in [-0.2, -0.15) is 0 Å². The molecule has 0 aliphatic heterocycles. The van der Waals surface area contributed by atoms with E-state index >= 15 is 0 Å². The molecule has 38 heavy (non-hydrogen) atoms. The van der Waals surface area contributed by atoms with Gasteiger partial charge in [0.1, 0.15) is 5.75 Å².